The van der Waals surface area contributed by atoms with Crippen LogP contribution in [0, 0.1) is 0 Å². The first-order chi connectivity index (χ1) is 13.7. The van der Waals surface area contributed by atoms with Crippen molar-refractivity contribution in [2.24, 2.45) is 0 Å². The monoisotopic (exact) mass is 434 g/mol. The molecule has 0 aliphatic rings. The lowest BCUT2D eigenvalue weighted by molar-refractivity contribution is 0.414. The molecular formula is C22H19BrN4O. The summed E-state index contributed by atoms with van der Waals surface area (Å²) in [5.41, 5.74) is 4.00. The minimum Gasteiger partial charge on any atom is -0.497 e. The SMILES string of the molecule is COc1cccc(CNc2ccc3ncnc(Nc4cccc(Br)c4)c3c2)c1. The Hall–Kier alpha value is -3.12. The molecule has 1 aromatic heterocycles. The normalized spacial score (nSPS) is 10.6. The maximum atomic E-state index is 5.29. The van der Waals surface area contributed by atoms with Gasteiger partial charge in [-0.3, -0.25) is 0 Å². The number of nitrogens with one attached hydrogen (secondary N) is 2. The van der Waals surface area contributed by atoms with E-state index in [-0.39, 0.29) is 0 Å². The third-order valence-corrected chi connectivity index (χ3v) is 4.85. The Kier molecular flexibility index (Phi) is 5.39. The van der Waals surface area contributed by atoms with E-state index < -0.39 is 0 Å². The third-order valence-electron chi connectivity index (χ3n) is 4.35. The summed E-state index contributed by atoms with van der Waals surface area (Å²) in [6.45, 7) is 0.699. The van der Waals surface area contributed by atoms with E-state index in [1.54, 1.807) is 13.4 Å². The largest absolute Gasteiger partial charge is 0.497 e. The molecule has 0 aliphatic carbocycles. The molecule has 0 unspecified atom stereocenters. The molecule has 1 heterocycles. The number of fused-ring (bicyclic) bond motifs is 1. The van der Waals surface area contributed by atoms with Gasteiger partial charge in [-0.2, -0.15) is 0 Å². The second-order valence-corrected chi connectivity index (χ2v) is 7.21. The first kappa shape index (κ1) is 18.3. The molecule has 0 bridgehead atoms. The molecule has 140 valence electrons. The van der Waals surface area contributed by atoms with Gasteiger partial charge in [0.25, 0.3) is 0 Å². The van der Waals surface area contributed by atoms with E-state index in [1.807, 2.05) is 54.6 Å². The van der Waals surface area contributed by atoms with E-state index in [4.69, 9.17) is 4.74 Å². The maximum absolute atomic E-state index is 5.29. The summed E-state index contributed by atoms with van der Waals surface area (Å²) < 4.78 is 6.30. The Labute approximate surface area is 171 Å². The van der Waals surface area contributed by atoms with Crippen LogP contribution in [0.25, 0.3) is 10.9 Å². The number of halogens is 1. The third kappa shape index (κ3) is 4.23. The number of hydrogen-bond donors (Lipinski definition) is 2. The molecule has 2 N–H and O–H groups in total. The molecule has 4 rings (SSSR count). The van der Waals surface area contributed by atoms with Gasteiger partial charge in [-0.1, -0.05) is 34.1 Å². The summed E-state index contributed by atoms with van der Waals surface area (Å²) in [6.07, 6.45) is 1.58. The molecule has 0 aliphatic heterocycles. The van der Waals surface area contributed by atoms with Crippen molar-refractivity contribution in [3.05, 3.63) is 83.1 Å². The van der Waals surface area contributed by atoms with Gasteiger partial charge >= 0.3 is 0 Å². The minimum absolute atomic E-state index is 0.699. The molecule has 0 spiro atoms. The van der Waals surface area contributed by atoms with Crippen LogP contribution in [0.1, 0.15) is 5.56 Å². The second-order valence-electron chi connectivity index (χ2n) is 6.29. The summed E-state index contributed by atoms with van der Waals surface area (Å²) in [5.74, 6) is 1.62. The van der Waals surface area contributed by atoms with Crippen molar-refractivity contribution in [2.45, 2.75) is 6.54 Å². The number of rotatable bonds is 6. The molecule has 5 nitrogen and oxygen atoms in total. The molecule has 0 amide bonds. The zero-order chi connectivity index (χ0) is 19.3. The van der Waals surface area contributed by atoms with Crippen molar-refractivity contribution in [3.8, 4) is 5.75 Å². The number of anilines is 3. The highest BCUT2D eigenvalue weighted by Crippen LogP contribution is 2.27. The zero-order valence-electron chi connectivity index (χ0n) is 15.3. The van der Waals surface area contributed by atoms with Gasteiger partial charge in [-0.05, 0) is 54.1 Å². The molecule has 0 fully saturated rings. The van der Waals surface area contributed by atoms with E-state index in [0.29, 0.717) is 6.54 Å². The fourth-order valence-corrected chi connectivity index (χ4v) is 3.35. The number of hydrogen-bond acceptors (Lipinski definition) is 5. The minimum atomic E-state index is 0.699. The molecule has 0 radical (unpaired) electrons. The standard InChI is InChI=1S/C22H19BrN4O/c1-28-19-7-2-4-15(10-19)13-24-17-8-9-21-20(12-17)22(26-14-25-21)27-18-6-3-5-16(23)11-18/h2-12,14,24H,13H2,1H3,(H,25,26,27). The highest BCUT2D eigenvalue weighted by atomic mass is 79.9. The summed E-state index contributed by atoms with van der Waals surface area (Å²) >= 11 is 3.50. The average molecular weight is 435 g/mol. The van der Waals surface area contributed by atoms with Crippen LogP contribution in [-0.4, -0.2) is 17.1 Å². The van der Waals surface area contributed by atoms with Crippen LogP contribution in [0.3, 0.4) is 0 Å². The van der Waals surface area contributed by atoms with Gasteiger partial charge in [-0.25, -0.2) is 9.97 Å². The van der Waals surface area contributed by atoms with Crippen molar-refractivity contribution >= 4 is 44.0 Å². The van der Waals surface area contributed by atoms with Crippen molar-refractivity contribution in [3.63, 3.8) is 0 Å². The summed E-state index contributed by atoms with van der Waals surface area (Å²) in [4.78, 5) is 8.81. The van der Waals surface area contributed by atoms with E-state index in [9.17, 15) is 0 Å². The lowest BCUT2D eigenvalue weighted by Gasteiger charge is -2.11. The number of benzene rings is 3. The Morgan fingerprint density at radius 1 is 0.929 bits per heavy atom. The highest BCUT2D eigenvalue weighted by Gasteiger charge is 2.06. The van der Waals surface area contributed by atoms with Gasteiger partial charge in [-0.15, -0.1) is 0 Å². The Bertz CT molecular complexity index is 1120. The lowest BCUT2D eigenvalue weighted by atomic mass is 10.1. The van der Waals surface area contributed by atoms with Gasteiger partial charge in [0.05, 0.1) is 12.6 Å². The predicted molar refractivity (Wildman–Crippen MR) is 117 cm³/mol. The second kappa shape index (κ2) is 8.27. The van der Waals surface area contributed by atoms with Crippen molar-refractivity contribution in [1.29, 1.82) is 0 Å². The number of ether oxygens (including phenoxy) is 1. The van der Waals surface area contributed by atoms with Gasteiger partial charge in [0, 0.05) is 27.8 Å². The van der Waals surface area contributed by atoms with Gasteiger partial charge in [0.15, 0.2) is 0 Å². The first-order valence-electron chi connectivity index (χ1n) is 8.85. The van der Waals surface area contributed by atoms with Crippen molar-refractivity contribution < 1.29 is 4.74 Å². The Morgan fingerprint density at radius 2 is 1.82 bits per heavy atom. The van der Waals surface area contributed by atoms with Crippen molar-refractivity contribution in [1.82, 2.24) is 9.97 Å². The number of aromatic nitrogens is 2. The van der Waals surface area contributed by atoms with E-state index >= 15 is 0 Å². The van der Waals surface area contributed by atoms with Gasteiger partial charge in [0.2, 0.25) is 0 Å². The summed E-state index contributed by atoms with van der Waals surface area (Å²) in [7, 11) is 1.68. The molecule has 28 heavy (non-hydrogen) atoms. The fourth-order valence-electron chi connectivity index (χ4n) is 2.96. The molecular weight excluding hydrogens is 416 g/mol. The molecule has 0 atom stereocenters. The quantitative estimate of drug-likeness (QED) is 0.404. The van der Waals surface area contributed by atoms with E-state index in [1.165, 1.54) is 0 Å². The van der Waals surface area contributed by atoms with Crippen LogP contribution in [0.4, 0.5) is 17.2 Å². The summed E-state index contributed by atoms with van der Waals surface area (Å²) in [5, 5.41) is 7.79. The van der Waals surface area contributed by atoms with Crippen LogP contribution in [-0.2, 0) is 6.54 Å². The fraction of sp³-hybridized carbons (Fsp3) is 0.0909. The van der Waals surface area contributed by atoms with Crippen LogP contribution < -0.4 is 15.4 Å². The molecule has 0 saturated heterocycles. The molecule has 0 saturated carbocycles. The Morgan fingerprint density at radius 3 is 2.68 bits per heavy atom. The predicted octanol–water partition coefficient (Wildman–Crippen LogP) is 5.76. The maximum Gasteiger partial charge on any atom is 0.141 e. The van der Waals surface area contributed by atoms with E-state index in [0.717, 1.165) is 43.9 Å². The topological polar surface area (TPSA) is 59.1 Å². The first-order valence-corrected chi connectivity index (χ1v) is 9.65. The Balaban J connectivity index is 1.58. The number of nitrogens with zero attached hydrogens (tertiary/aromatic N) is 2. The number of methoxy groups -OCH3 is 1. The highest BCUT2D eigenvalue weighted by molar-refractivity contribution is 9.10. The van der Waals surface area contributed by atoms with Crippen molar-refractivity contribution in [2.75, 3.05) is 17.7 Å². The summed E-state index contributed by atoms with van der Waals surface area (Å²) in [6, 6.07) is 22.1. The smallest absolute Gasteiger partial charge is 0.141 e. The van der Waals surface area contributed by atoms with Crippen LogP contribution in [0.5, 0.6) is 5.75 Å². The van der Waals surface area contributed by atoms with Crippen LogP contribution in [0.2, 0.25) is 0 Å². The molecule has 3 aromatic carbocycles. The average Bonchev–Trinajstić information content (AvgIpc) is 2.73. The van der Waals surface area contributed by atoms with Gasteiger partial charge < -0.3 is 15.4 Å². The lowest BCUT2D eigenvalue weighted by Crippen LogP contribution is -2.01. The van der Waals surface area contributed by atoms with Crippen LogP contribution in [0.15, 0.2) is 77.5 Å². The molecule has 4 aromatic rings. The van der Waals surface area contributed by atoms with E-state index in [2.05, 4.69) is 48.7 Å². The zero-order valence-corrected chi connectivity index (χ0v) is 16.9. The molecule has 6 heteroatoms. The van der Waals surface area contributed by atoms with Gasteiger partial charge in [0.1, 0.15) is 17.9 Å². The van der Waals surface area contributed by atoms with Crippen LogP contribution >= 0.6 is 15.9 Å².